The van der Waals surface area contributed by atoms with Crippen molar-refractivity contribution in [1.82, 2.24) is 10.2 Å². The van der Waals surface area contributed by atoms with Crippen molar-refractivity contribution >= 4 is 0 Å². The Morgan fingerprint density at radius 2 is 1.65 bits per heavy atom. The van der Waals surface area contributed by atoms with E-state index in [1.165, 1.54) is 77.3 Å². The number of hydrogen-bond acceptors (Lipinski definition) is 2. The number of nitrogens with one attached hydrogen (secondary N) is 1. The van der Waals surface area contributed by atoms with E-state index in [2.05, 4.69) is 31.1 Å². The van der Waals surface area contributed by atoms with Crippen molar-refractivity contribution in [2.75, 3.05) is 20.1 Å². The summed E-state index contributed by atoms with van der Waals surface area (Å²) in [6.45, 7) is 7.38. The van der Waals surface area contributed by atoms with E-state index in [-0.39, 0.29) is 0 Å². The van der Waals surface area contributed by atoms with Gasteiger partial charge in [-0.15, -0.1) is 0 Å². The first kappa shape index (κ1) is 16.3. The molecule has 1 N–H and O–H groups in total. The largest absolute Gasteiger partial charge is 0.315 e. The molecule has 1 saturated heterocycles. The third kappa shape index (κ3) is 3.76. The summed E-state index contributed by atoms with van der Waals surface area (Å²) >= 11 is 0. The van der Waals surface area contributed by atoms with Gasteiger partial charge in [-0.2, -0.15) is 0 Å². The standard InChI is InChI=1S/C18H36N2/c1-4-9-16(19-3)17(5-2)20-14-12-18(13-15-20)10-7-6-8-11-18/h16-17,19H,4-15H2,1-3H3. The molecule has 20 heavy (non-hydrogen) atoms. The van der Waals surface area contributed by atoms with Gasteiger partial charge in [-0.25, -0.2) is 0 Å². The zero-order chi connectivity index (χ0) is 14.4. The molecule has 0 aromatic rings. The van der Waals surface area contributed by atoms with Crippen LogP contribution in [0.15, 0.2) is 0 Å². The number of hydrogen-bond donors (Lipinski definition) is 1. The molecule has 2 heteroatoms. The third-order valence-electron chi connectivity index (χ3n) is 6.10. The molecule has 0 aromatic carbocycles. The van der Waals surface area contributed by atoms with Gasteiger partial charge in [0.05, 0.1) is 0 Å². The average Bonchev–Trinajstić information content (AvgIpc) is 2.50. The topological polar surface area (TPSA) is 15.3 Å². The second-order valence-electron chi connectivity index (χ2n) is 7.26. The van der Waals surface area contributed by atoms with Crippen LogP contribution in [-0.2, 0) is 0 Å². The highest BCUT2D eigenvalue weighted by atomic mass is 15.2. The van der Waals surface area contributed by atoms with Crippen molar-refractivity contribution in [3.8, 4) is 0 Å². The SMILES string of the molecule is CCCC(NC)C(CC)N1CCC2(CCCCC2)CC1. The fraction of sp³-hybridized carbons (Fsp3) is 1.00. The van der Waals surface area contributed by atoms with Crippen LogP contribution in [0.1, 0.15) is 78.1 Å². The van der Waals surface area contributed by atoms with Crippen molar-refractivity contribution in [3.63, 3.8) is 0 Å². The van der Waals surface area contributed by atoms with Gasteiger partial charge in [0, 0.05) is 12.1 Å². The molecule has 1 spiro atoms. The average molecular weight is 280 g/mol. The highest BCUT2D eigenvalue weighted by Crippen LogP contribution is 2.45. The van der Waals surface area contributed by atoms with Crippen molar-refractivity contribution in [2.24, 2.45) is 5.41 Å². The fourth-order valence-corrected chi connectivity index (χ4v) is 4.77. The molecule has 2 fully saturated rings. The Hall–Kier alpha value is -0.0800. The van der Waals surface area contributed by atoms with Crippen LogP contribution in [-0.4, -0.2) is 37.1 Å². The van der Waals surface area contributed by atoms with Gasteiger partial charge in [-0.05, 0) is 64.1 Å². The maximum absolute atomic E-state index is 3.58. The molecule has 1 aliphatic carbocycles. The molecule has 2 nitrogen and oxygen atoms in total. The van der Waals surface area contributed by atoms with Gasteiger partial charge in [0.25, 0.3) is 0 Å². The van der Waals surface area contributed by atoms with Crippen LogP contribution in [0.4, 0.5) is 0 Å². The van der Waals surface area contributed by atoms with Crippen LogP contribution in [0.25, 0.3) is 0 Å². The minimum Gasteiger partial charge on any atom is -0.315 e. The molecule has 0 amide bonds. The Balaban J connectivity index is 1.90. The molecule has 2 aliphatic rings. The van der Waals surface area contributed by atoms with Crippen molar-refractivity contribution in [3.05, 3.63) is 0 Å². The fourth-order valence-electron chi connectivity index (χ4n) is 4.77. The lowest BCUT2D eigenvalue weighted by Crippen LogP contribution is -2.53. The minimum absolute atomic E-state index is 0.686. The molecule has 2 unspecified atom stereocenters. The summed E-state index contributed by atoms with van der Waals surface area (Å²) in [7, 11) is 2.15. The van der Waals surface area contributed by atoms with Gasteiger partial charge in [-0.1, -0.05) is 39.5 Å². The first-order valence-electron chi connectivity index (χ1n) is 9.16. The Morgan fingerprint density at radius 1 is 1.00 bits per heavy atom. The molecule has 0 aromatic heterocycles. The van der Waals surface area contributed by atoms with E-state index in [4.69, 9.17) is 0 Å². The third-order valence-corrected chi connectivity index (χ3v) is 6.10. The van der Waals surface area contributed by atoms with E-state index in [0.717, 1.165) is 11.5 Å². The van der Waals surface area contributed by atoms with Crippen LogP contribution in [0.3, 0.4) is 0 Å². The van der Waals surface area contributed by atoms with Gasteiger partial charge in [-0.3, -0.25) is 4.90 Å². The number of piperidine rings is 1. The smallest absolute Gasteiger partial charge is 0.0246 e. The second-order valence-corrected chi connectivity index (χ2v) is 7.26. The maximum Gasteiger partial charge on any atom is 0.0246 e. The van der Waals surface area contributed by atoms with Crippen LogP contribution in [0, 0.1) is 5.41 Å². The molecule has 118 valence electrons. The molecule has 2 rings (SSSR count). The van der Waals surface area contributed by atoms with E-state index in [0.29, 0.717) is 6.04 Å². The summed E-state index contributed by atoms with van der Waals surface area (Å²) in [5.41, 5.74) is 0.743. The van der Waals surface area contributed by atoms with Gasteiger partial charge < -0.3 is 5.32 Å². The number of rotatable bonds is 6. The zero-order valence-electron chi connectivity index (χ0n) is 14.1. The first-order valence-corrected chi connectivity index (χ1v) is 9.16. The molecule has 0 bridgehead atoms. The molecule has 2 atom stereocenters. The van der Waals surface area contributed by atoms with Gasteiger partial charge in [0.15, 0.2) is 0 Å². The van der Waals surface area contributed by atoms with Crippen molar-refractivity contribution < 1.29 is 0 Å². The van der Waals surface area contributed by atoms with Gasteiger partial charge in [0.2, 0.25) is 0 Å². The van der Waals surface area contributed by atoms with Crippen LogP contribution in [0.5, 0.6) is 0 Å². The first-order chi connectivity index (χ1) is 9.74. The molecule has 1 heterocycles. The normalized spacial score (nSPS) is 26.6. The Morgan fingerprint density at radius 3 is 2.15 bits per heavy atom. The monoisotopic (exact) mass is 280 g/mol. The number of likely N-dealkylation sites (tertiary alicyclic amines) is 1. The highest BCUT2D eigenvalue weighted by molar-refractivity contribution is 4.92. The summed E-state index contributed by atoms with van der Waals surface area (Å²) in [4.78, 5) is 2.80. The lowest BCUT2D eigenvalue weighted by atomic mass is 9.68. The summed E-state index contributed by atoms with van der Waals surface area (Å²) in [5, 5.41) is 3.58. The van der Waals surface area contributed by atoms with Gasteiger partial charge in [0.1, 0.15) is 0 Å². The van der Waals surface area contributed by atoms with Crippen molar-refractivity contribution in [1.29, 1.82) is 0 Å². The number of nitrogens with zero attached hydrogens (tertiary/aromatic N) is 1. The lowest BCUT2D eigenvalue weighted by molar-refractivity contribution is 0.0331. The summed E-state index contributed by atoms with van der Waals surface area (Å²) in [5.74, 6) is 0. The quantitative estimate of drug-likeness (QED) is 0.784. The van der Waals surface area contributed by atoms with Crippen LogP contribution in [0.2, 0.25) is 0 Å². The van der Waals surface area contributed by atoms with E-state index in [9.17, 15) is 0 Å². The predicted octanol–water partition coefficient (Wildman–Crippen LogP) is 4.20. The molecular formula is C18H36N2. The molecule has 1 aliphatic heterocycles. The van der Waals surface area contributed by atoms with Crippen LogP contribution >= 0.6 is 0 Å². The van der Waals surface area contributed by atoms with E-state index in [1.807, 2.05) is 0 Å². The Bertz CT molecular complexity index is 261. The van der Waals surface area contributed by atoms with E-state index in [1.54, 1.807) is 0 Å². The van der Waals surface area contributed by atoms with Crippen molar-refractivity contribution in [2.45, 2.75) is 90.1 Å². The minimum atomic E-state index is 0.686. The zero-order valence-corrected chi connectivity index (χ0v) is 14.1. The van der Waals surface area contributed by atoms with E-state index >= 15 is 0 Å². The summed E-state index contributed by atoms with van der Waals surface area (Å²) < 4.78 is 0. The summed E-state index contributed by atoms with van der Waals surface area (Å²) in [6.07, 6.45) is 14.3. The van der Waals surface area contributed by atoms with E-state index < -0.39 is 0 Å². The Kier molecular flexibility index (Phi) is 6.35. The number of likely N-dealkylation sites (N-methyl/N-ethyl adjacent to an activating group) is 1. The molecular weight excluding hydrogens is 244 g/mol. The predicted molar refractivity (Wildman–Crippen MR) is 88.2 cm³/mol. The Labute approximate surface area is 126 Å². The molecule has 1 saturated carbocycles. The van der Waals surface area contributed by atoms with Gasteiger partial charge >= 0.3 is 0 Å². The highest BCUT2D eigenvalue weighted by Gasteiger charge is 2.37. The lowest BCUT2D eigenvalue weighted by Gasteiger charge is -2.47. The summed E-state index contributed by atoms with van der Waals surface area (Å²) in [6, 6.07) is 1.44. The van der Waals surface area contributed by atoms with Crippen LogP contribution < -0.4 is 5.32 Å². The second kappa shape index (κ2) is 7.79. The molecule has 0 radical (unpaired) electrons. The maximum atomic E-state index is 3.58.